The van der Waals surface area contributed by atoms with Crippen LogP contribution in [0.2, 0.25) is 0 Å². The minimum Gasteiger partial charge on any atom is -0.279 e. The molecule has 0 atom stereocenters. The summed E-state index contributed by atoms with van der Waals surface area (Å²) in [5, 5.41) is 13.9. The molecule has 0 fully saturated rings. The first-order valence-corrected chi connectivity index (χ1v) is 3.66. The van der Waals surface area contributed by atoms with E-state index in [1.807, 2.05) is 0 Å². The Bertz CT molecular complexity index is 357. The lowest BCUT2D eigenvalue weighted by Gasteiger charge is -1.97. The van der Waals surface area contributed by atoms with E-state index in [1.54, 1.807) is 6.20 Å². The molecule has 2 rings (SSSR count). The van der Waals surface area contributed by atoms with Gasteiger partial charge in [-0.05, 0) is 5.92 Å². The summed E-state index contributed by atoms with van der Waals surface area (Å²) in [5.41, 5.74) is 3.06. The molecule has 58 valence electrons. The summed E-state index contributed by atoms with van der Waals surface area (Å²) in [6, 6.07) is 0. The second-order valence-corrected chi connectivity index (χ2v) is 2.92. The molecule has 0 aromatic carbocycles. The maximum absolute atomic E-state index is 4.08. The van der Waals surface area contributed by atoms with Crippen LogP contribution >= 0.6 is 0 Å². The first-order chi connectivity index (χ1) is 5.29. The topological polar surface area (TPSA) is 57.4 Å². The van der Waals surface area contributed by atoms with Crippen LogP contribution in [0.3, 0.4) is 0 Å². The monoisotopic (exact) mass is 150 g/mol. The lowest BCUT2D eigenvalue weighted by molar-refractivity contribution is 0.812. The van der Waals surface area contributed by atoms with Crippen LogP contribution in [0.25, 0.3) is 11.0 Å². The summed E-state index contributed by atoms with van der Waals surface area (Å²) < 4.78 is 0. The first-order valence-electron chi connectivity index (χ1n) is 3.66. The standard InChI is InChI=1S/C7H10N4/c1-4(2)6-7-5(9-11-6)3-8-10-7/h3-4H,1-2H3,(H,8,10)(H,9,11). The predicted molar refractivity (Wildman–Crippen MR) is 42.3 cm³/mol. The highest BCUT2D eigenvalue weighted by molar-refractivity contribution is 5.76. The number of aromatic amines is 2. The van der Waals surface area contributed by atoms with Gasteiger partial charge in [-0.1, -0.05) is 13.8 Å². The Morgan fingerprint density at radius 2 is 2.18 bits per heavy atom. The van der Waals surface area contributed by atoms with Gasteiger partial charge in [-0.25, -0.2) is 0 Å². The van der Waals surface area contributed by atoms with Gasteiger partial charge in [0.1, 0.15) is 11.0 Å². The van der Waals surface area contributed by atoms with Gasteiger partial charge in [-0.2, -0.15) is 10.2 Å². The molecular formula is C7H10N4. The lowest BCUT2D eigenvalue weighted by atomic mass is 10.1. The molecule has 0 amide bonds. The molecular weight excluding hydrogens is 140 g/mol. The minimum atomic E-state index is 0.459. The Balaban J connectivity index is 2.68. The Kier molecular flexibility index (Phi) is 1.21. The van der Waals surface area contributed by atoms with Crippen molar-refractivity contribution in [2.24, 2.45) is 0 Å². The third kappa shape index (κ3) is 0.824. The van der Waals surface area contributed by atoms with E-state index in [0.29, 0.717) is 5.92 Å². The molecule has 2 aromatic heterocycles. The van der Waals surface area contributed by atoms with Crippen molar-refractivity contribution in [3.05, 3.63) is 11.9 Å². The van der Waals surface area contributed by atoms with Crippen molar-refractivity contribution < 1.29 is 0 Å². The highest BCUT2D eigenvalue weighted by Gasteiger charge is 2.08. The minimum absolute atomic E-state index is 0.459. The van der Waals surface area contributed by atoms with Gasteiger partial charge >= 0.3 is 0 Å². The van der Waals surface area contributed by atoms with Crippen molar-refractivity contribution in [3.8, 4) is 0 Å². The average Bonchev–Trinajstić information content (AvgIpc) is 2.41. The second-order valence-electron chi connectivity index (χ2n) is 2.92. The molecule has 2 heterocycles. The molecule has 11 heavy (non-hydrogen) atoms. The van der Waals surface area contributed by atoms with Crippen molar-refractivity contribution in [1.82, 2.24) is 20.4 Å². The maximum Gasteiger partial charge on any atom is 0.130 e. The first kappa shape index (κ1) is 6.39. The van der Waals surface area contributed by atoms with E-state index >= 15 is 0 Å². The zero-order valence-corrected chi connectivity index (χ0v) is 6.55. The summed E-state index contributed by atoms with van der Waals surface area (Å²) in [7, 11) is 0. The third-order valence-corrected chi connectivity index (χ3v) is 1.76. The fourth-order valence-electron chi connectivity index (χ4n) is 1.16. The maximum atomic E-state index is 4.08. The smallest absolute Gasteiger partial charge is 0.130 e. The summed E-state index contributed by atoms with van der Waals surface area (Å²) >= 11 is 0. The van der Waals surface area contributed by atoms with Gasteiger partial charge in [0.2, 0.25) is 0 Å². The Morgan fingerprint density at radius 3 is 2.91 bits per heavy atom. The van der Waals surface area contributed by atoms with Crippen LogP contribution in [0.5, 0.6) is 0 Å². The zero-order chi connectivity index (χ0) is 7.84. The largest absolute Gasteiger partial charge is 0.279 e. The van der Waals surface area contributed by atoms with Crippen molar-refractivity contribution in [2.75, 3.05) is 0 Å². The van der Waals surface area contributed by atoms with Crippen LogP contribution in [0, 0.1) is 0 Å². The van der Waals surface area contributed by atoms with E-state index in [9.17, 15) is 0 Å². The van der Waals surface area contributed by atoms with E-state index in [2.05, 4.69) is 34.2 Å². The van der Waals surface area contributed by atoms with Crippen LogP contribution < -0.4 is 0 Å². The highest BCUT2D eigenvalue weighted by Crippen LogP contribution is 2.19. The predicted octanol–water partition coefficient (Wildman–Crippen LogP) is 1.41. The summed E-state index contributed by atoms with van der Waals surface area (Å²) in [6.45, 7) is 4.24. The molecule has 4 nitrogen and oxygen atoms in total. The van der Waals surface area contributed by atoms with Crippen LogP contribution in [0.15, 0.2) is 6.20 Å². The van der Waals surface area contributed by atoms with Gasteiger partial charge in [0, 0.05) is 0 Å². The quantitative estimate of drug-likeness (QED) is 0.645. The number of nitrogens with one attached hydrogen (secondary N) is 2. The van der Waals surface area contributed by atoms with Gasteiger partial charge < -0.3 is 0 Å². The zero-order valence-electron chi connectivity index (χ0n) is 6.55. The number of fused-ring (bicyclic) bond motifs is 1. The van der Waals surface area contributed by atoms with Gasteiger partial charge in [0.05, 0.1) is 11.9 Å². The number of aromatic nitrogens is 4. The van der Waals surface area contributed by atoms with Crippen molar-refractivity contribution in [2.45, 2.75) is 19.8 Å². The van der Waals surface area contributed by atoms with Gasteiger partial charge in [0.15, 0.2) is 0 Å². The van der Waals surface area contributed by atoms with Crippen molar-refractivity contribution in [1.29, 1.82) is 0 Å². The Labute approximate surface area is 64.0 Å². The van der Waals surface area contributed by atoms with E-state index in [4.69, 9.17) is 0 Å². The SMILES string of the molecule is CC(C)c1[nH]nc2cn[nH]c12. The summed E-state index contributed by atoms with van der Waals surface area (Å²) in [6.07, 6.45) is 1.72. The average molecular weight is 150 g/mol. The summed E-state index contributed by atoms with van der Waals surface area (Å²) in [4.78, 5) is 0. The lowest BCUT2D eigenvalue weighted by Crippen LogP contribution is -1.88. The molecule has 0 aliphatic carbocycles. The number of rotatable bonds is 1. The van der Waals surface area contributed by atoms with Crippen molar-refractivity contribution in [3.63, 3.8) is 0 Å². The molecule has 0 saturated heterocycles. The highest BCUT2D eigenvalue weighted by atomic mass is 15.2. The van der Waals surface area contributed by atoms with Gasteiger partial charge in [0.25, 0.3) is 0 Å². The number of hydrogen-bond acceptors (Lipinski definition) is 2. The number of H-pyrrole nitrogens is 2. The van der Waals surface area contributed by atoms with Crippen LogP contribution in [-0.2, 0) is 0 Å². The van der Waals surface area contributed by atoms with Gasteiger partial charge in [-0.15, -0.1) is 0 Å². The van der Waals surface area contributed by atoms with E-state index in [0.717, 1.165) is 16.7 Å². The number of hydrogen-bond donors (Lipinski definition) is 2. The van der Waals surface area contributed by atoms with Crippen molar-refractivity contribution >= 4 is 11.0 Å². The normalized spacial score (nSPS) is 11.5. The molecule has 0 unspecified atom stereocenters. The Morgan fingerprint density at radius 1 is 1.36 bits per heavy atom. The molecule has 0 radical (unpaired) electrons. The van der Waals surface area contributed by atoms with Gasteiger partial charge in [-0.3, -0.25) is 10.2 Å². The molecule has 0 saturated carbocycles. The van der Waals surface area contributed by atoms with Crippen LogP contribution in [0.1, 0.15) is 25.5 Å². The van der Waals surface area contributed by atoms with E-state index < -0.39 is 0 Å². The summed E-state index contributed by atoms with van der Waals surface area (Å²) in [5.74, 6) is 0.459. The third-order valence-electron chi connectivity index (χ3n) is 1.76. The van der Waals surface area contributed by atoms with E-state index in [-0.39, 0.29) is 0 Å². The van der Waals surface area contributed by atoms with Crippen LogP contribution in [-0.4, -0.2) is 20.4 Å². The molecule has 0 spiro atoms. The Hall–Kier alpha value is -1.32. The molecule has 0 aliphatic rings. The molecule has 2 N–H and O–H groups in total. The molecule has 2 aromatic rings. The molecule has 0 aliphatic heterocycles. The number of nitrogens with zero attached hydrogens (tertiary/aromatic N) is 2. The fraction of sp³-hybridized carbons (Fsp3) is 0.429. The molecule has 4 heteroatoms. The van der Waals surface area contributed by atoms with Crippen LogP contribution in [0.4, 0.5) is 0 Å². The molecule has 0 bridgehead atoms. The fourth-order valence-corrected chi connectivity index (χ4v) is 1.16. The second kappa shape index (κ2) is 2.08. The van der Waals surface area contributed by atoms with E-state index in [1.165, 1.54) is 0 Å².